The van der Waals surface area contributed by atoms with Gasteiger partial charge in [-0.2, -0.15) is 4.52 Å². The van der Waals surface area contributed by atoms with Crippen LogP contribution in [0, 0.1) is 0 Å². The summed E-state index contributed by atoms with van der Waals surface area (Å²) in [6, 6.07) is 7.29. The molecule has 7 heteroatoms. The minimum atomic E-state index is -0.0347. The molecule has 0 fully saturated rings. The Balaban J connectivity index is 2.43. The van der Waals surface area contributed by atoms with Gasteiger partial charge in [0.2, 0.25) is 0 Å². The van der Waals surface area contributed by atoms with E-state index in [1.807, 2.05) is 18.2 Å². The first-order valence-corrected chi connectivity index (χ1v) is 5.25. The van der Waals surface area contributed by atoms with Crippen LogP contribution in [0.3, 0.4) is 0 Å². The predicted molar refractivity (Wildman–Crippen MR) is 63.6 cm³/mol. The lowest BCUT2D eigenvalue weighted by molar-refractivity contribution is 0.282. The summed E-state index contributed by atoms with van der Waals surface area (Å²) in [5.74, 6) is 0. The van der Waals surface area contributed by atoms with Gasteiger partial charge in [0.05, 0.1) is 18.3 Å². The summed E-state index contributed by atoms with van der Waals surface area (Å²) in [4.78, 5) is 0. The molecular formula is C11H9N5O2. The quantitative estimate of drug-likeness (QED) is 0.390. The van der Waals surface area contributed by atoms with Crippen molar-refractivity contribution in [3.05, 3.63) is 35.4 Å². The third kappa shape index (κ3) is 1.49. The molecule has 0 radical (unpaired) electrons. The van der Waals surface area contributed by atoms with Crippen molar-refractivity contribution in [3.8, 4) is 0 Å². The second kappa shape index (κ2) is 4.04. The largest absolute Gasteiger partial charge is 0.411 e. The van der Waals surface area contributed by atoms with E-state index in [4.69, 9.17) is 10.3 Å². The molecule has 0 saturated heterocycles. The molecule has 7 nitrogen and oxygen atoms in total. The maximum absolute atomic E-state index is 9.13. The molecule has 18 heavy (non-hydrogen) atoms. The molecule has 0 spiro atoms. The van der Waals surface area contributed by atoms with E-state index in [1.54, 1.807) is 10.6 Å². The van der Waals surface area contributed by atoms with Gasteiger partial charge in [-0.15, -0.1) is 5.10 Å². The van der Waals surface area contributed by atoms with Crippen LogP contribution in [-0.2, 0) is 6.61 Å². The van der Waals surface area contributed by atoms with E-state index < -0.39 is 0 Å². The van der Waals surface area contributed by atoms with Gasteiger partial charge in [0, 0.05) is 10.9 Å². The molecule has 2 aromatic heterocycles. The maximum atomic E-state index is 9.13. The zero-order valence-electron chi connectivity index (χ0n) is 9.22. The lowest BCUT2D eigenvalue weighted by Crippen LogP contribution is -1.97. The standard InChI is InChI=1S/C11H9N5O2/c17-6-7-1-2-10-8(3-7)4-9(5-12-18)11-13-14-15-16(10)11/h1-5,17-18H,6H2/b12-5+. The highest BCUT2D eigenvalue weighted by atomic mass is 16.4. The molecule has 3 rings (SSSR count). The Morgan fingerprint density at radius 2 is 2.22 bits per heavy atom. The summed E-state index contributed by atoms with van der Waals surface area (Å²) in [5, 5.41) is 33.0. The van der Waals surface area contributed by atoms with Gasteiger partial charge in [-0.3, -0.25) is 0 Å². The molecule has 0 aliphatic heterocycles. The molecule has 90 valence electrons. The van der Waals surface area contributed by atoms with Crippen LogP contribution in [0.1, 0.15) is 11.1 Å². The average molecular weight is 243 g/mol. The Hall–Kier alpha value is -2.54. The molecule has 2 N–H and O–H groups in total. The number of hydrogen-bond acceptors (Lipinski definition) is 6. The number of aliphatic hydroxyl groups excluding tert-OH is 1. The number of hydrogen-bond donors (Lipinski definition) is 2. The van der Waals surface area contributed by atoms with E-state index >= 15 is 0 Å². The number of pyridine rings is 1. The van der Waals surface area contributed by atoms with Crippen LogP contribution in [0.25, 0.3) is 16.6 Å². The number of benzene rings is 1. The maximum Gasteiger partial charge on any atom is 0.188 e. The Morgan fingerprint density at radius 1 is 1.33 bits per heavy atom. The summed E-state index contributed by atoms with van der Waals surface area (Å²) in [7, 11) is 0. The first kappa shape index (κ1) is 10.6. The van der Waals surface area contributed by atoms with Gasteiger partial charge in [0.1, 0.15) is 0 Å². The molecule has 0 amide bonds. The summed E-state index contributed by atoms with van der Waals surface area (Å²) in [5.41, 5.74) is 2.73. The van der Waals surface area contributed by atoms with Gasteiger partial charge < -0.3 is 10.3 Å². The summed E-state index contributed by atoms with van der Waals surface area (Å²) >= 11 is 0. The second-order valence-electron chi connectivity index (χ2n) is 3.81. The Bertz CT molecular complexity index is 750. The van der Waals surface area contributed by atoms with Gasteiger partial charge in [0.15, 0.2) is 5.65 Å². The van der Waals surface area contributed by atoms with Crippen molar-refractivity contribution in [1.82, 2.24) is 20.0 Å². The molecule has 3 aromatic rings. The van der Waals surface area contributed by atoms with Crippen LogP contribution >= 0.6 is 0 Å². The molecule has 1 aromatic carbocycles. The fourth-order valence-corrected chi connectivity index (χ4v) is 1.93. The normalized spacial score (nSPS) is 11.8. The molecule has 0 bridgehead atoms. The number of nitrogens with zero attached hydrogens (tertiary/aromatic N) is 5. The molecule has 2 heterocycles. The van der Waals surface area contributed by atoms with E-state index in [-0.39, 0.29) is 6.61 Å². The van der Waals surface area contributed by atoms with Crippen molar-refractivity contribution < 1.29 is 10.3 Å². The third-order valence-corrected chi connectivity index (χ3v) is 2.74. The minimum absolute atomic E-state index is 0.0347. The second-order valence-corrected chi connectivity index (χ2v) is 3.81. The lowest BCUT2D eigenvalue weighted by Gasteiger charge is -2.04. The molecule has 0 saturated carbocycles. The topological polar surface area (TPSA) is 95.9 Å². The van der Waals surface area contributed by atoms with Gasteiger partial charge in [-0.25, -0.2) is 0 Å². The Morgan fingerprint density at radius 3 is 3.00 bits per heavy atom. The smallest absolute Gasteiger partial charge is 0.188 e. The van der Waals surface area contributed by atoms with Crippen molar-refractivity contribution in [2.75, 3.05) is 0 Å². The van der Waals surface area contributed by atoms with E-state index in [0.717, 1.165) is 16.5 Å². The van der Waals surface area contributed by atoms with E-state index in [0.29, 0.717) is 11.2 Å². The average Bonchev–Trinajstić information content (AvgIpc) is 2.88. The highest BCUT2D eigenvalue weighted by Crippen LogP contribution is 2.19. The number of rotatable bonds is 2. The molecule has 0 aliphatic rings. The summed E-state index contributed by atoms with van der Waals surface area (Å²) < 4.78 is 1.56. The lowest BCUT2D eigenvalue weighted by atomic mass is 10.1. The fraction of sp³-hybridized carbons (Fsp3) is 0.0909. The molecule has 0 atom stereocenters. The highest BCUT2D eigenvalue weighted by Gasteiger charge is 2.08. The van der Waals surface area contributed by atoms with Gasteiger partial charge in [-0.1, -0.05) is 11.2 Å². The van der Waals surface area contributed by atoms with Crippen LogP contribution < -0.4 is 0 Å². The van der Waals surface area contributed by atoms with E-state index in [9.17, 15) is 0 Å². The van der Waals surface area contributed by atoms with Crippen LogP contribution in [0.5, 0.6) is 0 Å². The first-order chi connectivity index (χ1) is 8.83. The molecular weight excluding hydrogens is 234 g/mol. The third-order valence-electron chi connectivity index (χ3n) is 2.74. The van der Waals surface area contributed by atoms with Crippen molar-refractivity contribution in [1.29, 1.82) is 0 Å². The number of aliphatic hydroxyl groups is 1. The highest BCUT2D eigenvalue weighted by molar-refractivity contribution is 5.94. The molecule has 0 unspecified atom stereocenters. The number of oxime groups is 1. The number of fused-ring (bicyclic) bond motifs is 3. The number of aromatic nitrogens is 4. The van der Waals surface area contributed by atoms with Gasteiger partial charge in [0.25, 0.3) is 0 Å². The first-order valence-electron chi connectivity index (χ1n) is 5.25. The van der Waals surface area contributed by atoms with Gasteiger partial charge >= 0.3 is 0 Å². The SMILES string of the molecule is OCc1ccc2c(c1)cc(/C=N/O)c1nnnn12. The van der Waals surface area contributed by atoms with Crippen LogP contribution in [0.4, 0.5) is 0 Å². The zero-order valence-corrected chi connectivity index (χ0v) is 9.22. The monoisotopic (exact) mass is 243 g/mol. The van der Waals surface area contributed by atoms with Crippen LogP contribution in [0.15, 0.2) is 29.4 Å². The summed E-state index contributed by atoms with van der Waals surface area (Å²) in [6.45, 7) is -0.0347. The number of tetrazole rings is 1. The van der Waals surface area contributed by atoms with Crippen LogP contribution in [0.2, 0.25) is 0 Å². The van der Waals surface area contributed by atoms with Crippen molar-refractivity contribution >= 4 is 22.8 Å². The van der Waals surface area contributed by atoms with E-state index in [2.05, 4.69) is 20.7 Å². The zero-order chi connectivity index (χ0) is 12.5. The van der Waals surface area contributed by atoms with Crippen molar-refractivity contribution in [3.63, 3.8) is 0 Å². The minimum Gasteiger partial charge on any atom is -0.411 e. The van der Waals surface area contributed by atoms with Crippen LogP contribution in [-0.4, -0.2) is 36.6 Å². The fourth-order valence-electron chi connectivity index (χ4n) is 1.93. The van der Waals surface area contributed by atoms with Crippen molar-refractivity contribution in [2.45, 2.75) is 6.61 Å². The van der Waals surface area contributed by atoms with E-state index in [1.165, 1.54) is 6.21 Å². The Kier molecular flexibility index (Phi) is 2.38. The van der Waals surface area contributed by atoms with Crippen molar-refractivity contribution in [2.24, 2.45) is 5.16 Å². The predicted octanol–water partition coefficient (Wildman–Crippen LogP) is 0.578. The van der Waals surface area contributed by atoms with Gasteiger partial charge in [-0.05, 0) is 34.2 Å². The molecule has 0 aliphatic carbocycles. The Labute approximate surface area is 101 Å². The summed E-state index contributed by atoms with van der Waals surface area (Å²) in [6.07, 6.45) is 1.27.